The highest BCUT2D eigenvalue weighted by atomic mass is 32.2. The van der Waals surface area contributed by atoms with Crippen LogP contribution in [0.15, 0.2) is 76.7 Å². The lowest BCUT2D eigenvalue weighted by Gasteiger charge is -2.24. The molecule has 0 aliphatic heterocycles. The van der Waals surface area contributed by atoms with Crippen LogP contribution in [-0.2, 0) is 21.0 Å². The molecule has 3 aromatic rings. The van der Waals surface area contributed by atoms with Gasteiger partial charge in [0.05, 0.1) is 36.6 Å². The largest absolute Gasteiger partial charge is 0.497 e. The van der Waals surface area contributed by atoms with Crippen LogP contribution in [0.2, 0.25) is 0 Å². The number of hydrazone groups is 1. The number of carbonyl (C=O) groups is 1. The van der Waals surface area contributed by atoms with Gasteiger partial charge >= 0.3 is 6.18 Å². The molecule has 0 heterocycles. The SMILES string of the molecule is COc1ccc(/C=N\NC(=O)CN(c2cccc(C(F)(F)F)c2)S(=O)(=O)c2ccc(C)cc2)c(OC)c1. The number of ether oxygens (including phenoxy) is 2. The Bertz CT molecular complexity index is 1390. The van der Waals surface area contributed by atoms with Gasteiger partial charge in [-0.3, -0.25) is 9.10 Å². The van der Waals surface area contributed by atoms with Gasteiger partial charge in [0, 0.05) is 11.6 Å². The van der Waals surface area contributed by atoms with E-state index in [1.54, 1.807) is 37.3 Å². The summed E-state index contributed by atoms with van der Waals surface area (Å²) in [5, 5.41) is 3.83. The van der Waals surface area contributed by atoms with Crippen molar-refractivity contribution in [3.63, 3.8) is 0 Å². The Morgan fingerprint density at radius 3 is 2.35 bits per heavy atom. The van der Waals surface area contributed by atoms with Crippen LogP contribution in [0.1, 0.15) is 16.7 Å². The fraction of sp³-hybridized carbons (Fsp3) is 0.200. The highest BCUT2D eigenvalue weighted by Crippen LogP contribution is 2.33. The number of sulfonamides is 1. The molecule has 0 atom stereocenters. The summed E-state index contributed by atoms with van der Waals surface area (Å²) in [6.07, 6.45) is -3.43. The van der Waals surface area contributed by atoms with Crippen LogP contribution in [-0.4, -0.2) is 41.3 Å². The standard InChI is InChI=1S/C25H24F3N3O5S/c1-17-7-11-22(12-8-17)37(33,34)31(20-6-4-5-19(13-20)25(26,27)28)16-24(32)30-29-15-18-9-10-21(35-2)14-23(18)36-3/h4-15H,16H2,1-3H3,(H,30,32)/b29-15-. The fourth-order valence-corrected chi connectivity index (χ4v) is 4.67. The first-order valence-corrected chi connectivity index (χ1v) is 12.2. The van der Waals surface area contributed by atoms with Gasteiger partial charge in [0.15, 0.2) is 0 Å². The number of hydrogen-bond donors (Lipinski definition) is 1. The third-order valence-corrected chi connectivity index (χ3v) is 6.98. The zero-order valence-corrected chi connectivity index (χ0v) is 20.9. The van der Waals surface area contributed by atoms with Crippen LogP contribution in [0, 0.1) is 6.92 Å². The van der Waals surface area contributed by atoms with Gasteiger partial charge in [-0.05, 0) is 49.4 Å². The summed E-state index contributed by atoms with van der Waals surface area (Å²) in [5.41, 5.74) is 2.09. The van der Waals surface area contributed by atoms with Crippen molar-refractivity contribution in [2.45, 2.75) is 18.0 Å². The number of rotatable bonds is 9. The number of hydrogen-bond acceptors (Lipinski definition) is 6. The Balaban J connectivity index is 1.90. The van der Waals surface area contributed by atoms with Crippen molar-refractivity contribution in [3.05, 3.63) is 83.4 Å². The molecule has 0 radical (unpaired) electrons. The van der Waals surface area contributed by atoms with E-state index in [9.17, 15) is 26.4 Å². The van der Waals surface area contributed by atoms with Crippen molar-refractivity contribution < 1.29 is 35.9 Å². The maximum Gasteiger partial charge on any atom is 0.416 e. The van der Waals surface area contributed by atoms with Gasteiger partial charge in [-0.15, -0.1) is 0 Å². The lowest BCUT2D eigenvalue weighted by atomic mass is 10.2. The summed E-state index contributed by atoms with van der Waals surface area (Å²) in [6.45, 7) is 0.929. The Labute approximate surface area is 212 Å². The van der Waals surface area contributed by atoms with Crippen molar-refractivity contribution in [2.75, 3.05) is 25.1 Å². The zero-order valence-electron chi connectivity index (χ0n) is 20.1. The van der Waals surface area contributed by atoms with Gasteiger partial charge in [-0.1, -0.05) is 23.8 Å². The van der Waals surface area contributed by atoms with Gasteiger partial charge < -0.3 is 9.47 Å². The van der Waals surface area contributed by atoms with Crippen LogP contribution < -0.4 is 19.2 Å². The lowest BCUT2D eigenvalue weighted by Crippen LogP contribution is -2.39. The highest BCUT2D eigenvalue weighted by molar-refractivity contribution is 7.92. The highest BCUT2D eigenvalue weighted by Gasteiger charge is 2.33. The Morgan fingerprint density at radius 2 is 1.73 bits per heavy atom. The molecule has 0 saturated heterocycles. The van der Waals surface area contributed by atoms with Crippen molar-refractivity contribution in [1.29, 1.82) is 0 Å². The van der Waals surface area contributed by atoms with E-state index in [4.69, 9.17) is 9.47 Å². The van der Waals surface area contributed by atoms with Crippen molar-refractivity contribution in [1.82, 2.24) is 5.43 Å². The van der Waals surface area contributed by atoms with E-state index >= 15 is 0 Å². The fourth-order valence-electron chi connectivity index (χ4n) is 3.25. The number of amides is 1. The molecule has 0 fully saturated rings. The van der Waals surface area contributed by atoms with Crippen LogP contribution in [0.25, 0.3) is 0 Å². The summed E-state index contributed by atoms with van der Waals surface area (Å²) in [5.74, 6) is 0.0674. The summed E-state index contributed by atoms with van der Waals surface area (Å²) < 4.78 is 77.7. The van der Waals surface area contributed by atoms with E-state index < -0.39 is 34.2 Å². The number of aryl methyl sites for hydroxylation is 1. The second-order valence-corrected chi connectivity index (χ2v) is 9.64. The number of alkyl halides is 3. The van der Waals surface area contributed by atoms with E-state index in [-0.39, 0.29) is 10.6 Å². The van der Waals surface area contributed by atoms with E-state index in [1.807, 2.05) is 0 Å². The number of nitrogens with one attached hydrogen (secondary N) is 1. The van der Waals surface area contributed by atoms with Gasteiger partial charge in [-0.2, -0.15) is 18.3 Å². The molecule has 3 aromatic carbocycles. The molecule has 0 aliphatic rings. The van der Waals surface area contributed by atoms with Gasteiger partial charge in [0.2, 0.25) is 0 Å². The molecule has 0 saturated carbocycles. The van der Waals surface area contributed by atoms with E-state index in [2.05, 4.69) is 10.5 Å². The Hall–Kier alpha value is -4.06. The molecule has 37 heavy (non-hydrogen) atoms. The molecular formula is C25H24F3N3O5S. The number of anilines is 1. The first-order valence-electron chi connectivity index (χ1n) is 10.8. The first-order chi connectivity index (χ1) is 17.5. The number of halogens is 3. The topological polar surface area (TPSA) is 97.3 Å². The lowest BCUT2D eigenvalue weighted by molar-refractivity contribution is -0.137. The number of benzene rings is 3. The van der Waals surface area contributed by atoms with Gasteiger partial charge in [0.25, 0.3) is 15.9 Å². The number of carbonyl (C=O) groups excluding carboxylic acids is 1. The molecule has 3 rings (SSSR count). The monoisotopic (exact) mass is 535 g/mol. The number of nitrogens with zero attached hydrogens (tertiary/aromatic N) is 2. The third kappa shape index (κ3) is 6.79. The zero-order chi connectivity index (χ0) is 27.2. The van der Waals surface area contributed by atoms with Crippen LogP contribution in [0.3, 0.4) is 0 Å². The number of methoxy groups -OCH3 is 2. The second kappa shape index (κ2) is 11.3. The molecular weight excluding hydrogens is 511 g/mol. The second-order valence-electron chi connectivity index (χ2n) is 7.77. The summed E-state index contributed by atoms with van der Waals surface area (Å²) in [6, 6.07) is 14.3. The molecule has 0 aliphatic carbocycles. The summed E-state index contributed by atoms with van der Waals surface area (Å²) >= 11 is 0. The Kier molecular flexibility index (Phi) is 8.43. The molecule has 196 valence electrons. The summed E-state index contributed by atoms with van der Waals surface area (Å²) in [4.78, 5) is 12.5. The van der Waals surface area contributed by atoms with Crippen molar-refractivity contribution in [3.8, 4) is 11.5 Å². The van der Waals surface area contributed by atoms with Crippen molar-refractivity contribution >= 4 is 27.8 Å². The quantitative estimate of drug-likeness (QED) is 0.324. The average Bonchev–Trinajstić information content (AvgIpc) is 2.87. The van der Waals surface area contributed by atoms with Crippen LogP contribution in [0.4, 0.5) is 18.9 Å². The minimum Gasteiger partial charge on any atom is -0.497 e. The molecule has 0 spiro atoms. The predicted molar refractivity (Wildman–Crippen MR) is 132 cm³/mol. The smallest absolute Gasteiger partial charge is 0.416 e. The van der Waals surface area contributed by atoms with Crippen LogP contribution in [0.5, 0.6) is 11.5 Å². The van der Waals surface area contributed by atoms with E-state index in [0.29, 0.717) is 27.4 Å². The normalized spacial score (nSPS) is 11.8. The molecule has 8 nitrogen and oxygen atoms in total. The van der Waals surface area contributed by atoms with E-state index in [1.165, 1.54) is 38.6 Å². The average molecular weight is 536 g/mol. The van der Waals surface area contributed by atoms with E-state index in [0.717, 1.165) is 17.7 Å². The molecule has 0 unspecified atom stereocenters. The maximum absolute atomic E-state index is 13.4. The van der Waals surface area contributed by atoms with Gasteiger partial charge in [0.1, 0.15) is 18.0 Å². The first kappa shape index (κ1) is 27.5. The van der Waals surface area contributed by atoms with Crippen molar-refractivity contribution in [2.24, 2.45) is 5.10 Å². The third-order valence-electron chi connectivity index (χ3n) is 5.19. The molecule has 1 N–H and O–H groups in total. The molecule has 0 bridgehead atoms. The minimum absolute atomic E-state index is 0.185. The van der Waals surface area contributed by atoms with Gasteiger partial charge in [-0.25, -0.2) is 13.8 Å². The summed E-state index contributed by atoms with van der Waals surface area (Å²) in [7, 11) is -1.48. The predicted octanol–water partition coefficient (Wildman–Crippen LogP) is 4.38. The minimum atomic E-state index is -4.71. The molecule has 1 amide bonds. The Morgan fingerprint density at radius 1 is 1.03 bits per heavy atom. The maximum atomic E-state index is 13.4. The van der Waals surface area contributed by atoms with Crippen LogP contribution >= 0.6 is 0 Å². The molecule has 0 aromatic heterocycles. The molecule has 12 heteroatoms.